The zero-order valence-electron chi connectivity index (χ0n) is 16.6. The molecule has 0 fully saturated rings. The highest BCUT2D eigenvalue weighted by molar-refractivity contribution is 7.93. The first kappa shape index (κ1) is 22.1. The quantitative estimate of drug-likeness (QED) is 0.544. The van der Waals surface area contributed by atoms with E-state index in [0.29, 0.717) is 5.69 Å². The van der Waals surface area contributed by atoms with E-state index < -0.39 is 20.0 Å². The second kappa shape index (κ2) is 8.29. The molecule has 158 valence electrons. The van der Waals surface area contributed by atoms with Crippen LogP contribution in [0.1, 0.15) is 16.7 Å². The van der Waals surface area contributed by atoms with E-state index >= 15 is 0 Å². The van der Waals surface area contributed by atoms with Gasteiger partial charge in [-0.2, -0.15) is 0 Å². The predicted molar refractivity (Wildman–Crippen MR) is 120 cm³/mol. The lowest BCUT2D eigenvalue weighted by atomic mass is 10.1. The largest absolute Gasteiger partial charge is 0.280 e. The number of rotatable bonds is 6. The summed E-state index contributed by atoms with van der Waals surface area (Å²) in [6.07, 6.45) is 0. The van der Waals surface area contributed by atoms with E-state index in [1.165, 1.54) is 30.3 Å². The Morgan fingerprint density at radius 3 is 2.10 bits per heavy atom. The Morgan fingerprint density at radius 2 is 1.43 bits per heavy atom. The first-order valence-corrected chi connectivity index (χ1v) is 12.3. The van der Waals surface area contributed by atoms with Gasteiger partial charge in [-0.15, -0.1) is 0 Å². The van der Waals surface area contributed by atoms with Gasteiger partial charge >= 0.3 is 0 Å². The van der Waals surface area contributed by atoms with Crippen LogP contribution in [0.25, 0.3) is 0 Å². The molecule has 0 aliphatic carbocycles. The molecule has 6 nitrogen and oxygen atoms in total. The molecule has 30 heavy (non-hydrogen) atoms. The molecular weight excluding hydrogens is 444 g/mol. The second-order valence-corrected chi connectivity index (χ2v) is 10.7. The zero-order chi connectivity index (χ0) is 22.1. The Balaban J connectivity index is 1.94. The van der Waals surface area contributed by atoms with E-state index in [4.69, 9.17) is 11.6 Å². The minimum atomic E-state index is -4.05. The van der Waals surface area contributed by atoms with E-state index in [0.717, 1.165) is 16.7 Å². The van der Waals surface area contributed by atoms with Crippen LogP contribution in [0.2, 0.25) is 5.02 Å². The van der Waals surface area contributed by atoms with Gasteiger partial charge < -0.3 is 0 Å². The molecule has 0 saturated heterocycles. The minimum absolute atomic E-state index is 0.0224. The summed E-state index contributed by atoms with van der Waals surface area (Å²) in [5.41, 5.74) is 3.05. The van der Waals surface area contributed by atoms with Gasteiger partial charge in [-0.1, -0.05) is 41.4 Å². The van der Waals surface area contributed by atoms with E-state index in [-0.39, 0.29) is 20.5 Å². The molecule has 9 heteroatoms. The van der Waals surface area contributed by atoms with Crippen molar-refractivity contribution in [3.05, 3.63) is 82.4 Å². The van der Waals surface area contributed by atoms with Gasteiger partial charge in [-0.05, 0) is 68.3 Å². The number of hydrogen-bond acceptors (Lipinski definition) is 4. The van der Waals surface area contributed by atoms with Crippen LogP contribution in [-0.2, 0) is 20.0 Å². The van der Waals surface area contributed by atoms with Gasteiger partial charge in [-0.25, -0.2) is 16.8 Å². The van der Waals surface area contributed by atoms with Gasteiger partial charge in [0.2, 0.25) is 0 Å². The van der Waals surface area contributed by atoms with Gasteiger partial charge in [0.15, 0.2) is 0 Å². The number of halogens is 1. The molecule has 0 heterocycles. The highest BCUT2D eigenvalue weighted by Gasteiger charge is 2.21. The lowest BCUT2D eigenvalue weighted by Crippen LogP contribution is -2.16. The third kappa shape index (κ3) is 4.95. The summed E-state index contributed by atoms with van der Waals surface area (Å²) in [4.78, 5) is -0.149. The van der Waals surface area contributed by atoms with Crippen LogP contribution in [0.5, 0.6) is 0 Å². The molecule has 0 aliphatic heterocycles. The number of anilines is 2. The van der Waals surface area contributed by atoms with Crippen molar-refractivity contribution in [2.24, 2.45) is 0 Å². The maximum Gasteiger partial charge on any atom is 0.263 e. The van der Waals surface area contributed by atoms with E-state index in [9.17, 15) is 16.8 Å². The Bertz CT molecular complexity index is 1320. The molecule has 3 aromatic rings. The maximum absolute atomic E-state index is 12.9. The Morgan fingerprint density at radius 1 is 0.733 bits per heavy atom. The normalized spacial score (nSPS) is 11.9. The molecule has 0 unspecified atom stereocenters. The maximum atomic E-state index is 12.9. The van der Waals surface area contributed by atoms with Gasteiger partial charge in [0, 0.05) is 0 Å². The van der Waals surface area contributed by atoms with Crippen molar-refractivity contribution >= 4 is 43.0 Å². The summed E-state index contributed by atoms with van der Waals surface area (Å²) in [5.74, 6) is 0. The van der Waals surface area contributed by atoms with Crippen LogP contribution in [0, 0.1) is 20.8 Å². The number of benzene rings is 3. The summed E-state index contributed by atoms with van der Waals surface area (Å²) in [7, 11) is -7.94. The van der Waals surface area contributed by atoms with E-state index in [2.05, 4.69) is 9.44 Å². The van der Waals surface area contributed by atoms with Crippen molar-refractivity contribution in [1.29, 1.82) is 0 Å². The predicted octanol–water partition coefficient (Wildman–Crippen LogP) is 4.87. The average molecular weight is 465 g/mol. The molecule has 0 spiro atoms. The van der Waals surface area contributed by atoms with Gasteiger partial charge in [0.05, 0.1) is 21.3 Å². The topological polar surface area (TPSA) is 92.3 Å². The Hall–Kier alpha value is -2.55. The van der Waals surface area contributed by atoms with Crippen LogP contribution < -0.4 is 9.44 Å². The summed E-state index contributed by atoms with van der Waals surface area (Å²) < 4.78 is 56.1. The number of sulfonamides is 2. The highest BCUT2D eigenvalue weighted by Crippen LogP contribution is 2.29. The van der Waals surface area contributed by atoms with Gasteiger partial charge in [-0.3, -0.25) is 9.44 Å². The molecule has 3 rings (SSSR count). The van der Waals surface area contributed by atoms with Crippen molar-refractivity contribution in [3.8, 4) is 0 Å². The summed E-state index contributed by atoms with van der Waals surface area (Å²) >= 11 is 6.12. The van der Waals surface area contributed by atoms with Crippen LogP contribution in [-0.4, -0.2) is 16.8 Å². The second-order valence-electron chi connectivity index (χ2n) is 6.99. The average Bonchev–Trinajstić information content (AvgIpc) is 2.65. The van der Waals surface area contributed by atoms with Crippen LogP contribution in [0.4, 0.5) is 11.4 Å². The minimum Gasteiger partial charge on any atom is -0.280 e. The van der Waals surface area contributed by atoms with E-state index in [1.807, 2.05) is 13.0 Å². The van der Waals surface area contributed by atoms with Gasteiger partial charge in [0.1, 0.15) is 4.90 Å². The summed E-state index contributed by atoms with van der Waals surface area (Å²) in [6.45, 7) is 5.48. The molecule has 3 aromatic carbocycles. The number of nitrogens with one attached hydrogen (secondary N) is 2. The SMILES string of the molecule is Cc1cccc(S(=O)(=O)Nc2ccc(Cl)c(S(=O)(=O)Nc3ccc(C)cc3C)c2)c1. The van der Waals surface area contributed by atoms with Crippen LogP contribution in [0.15, 0.2) is 70.5 Å². The van der Waals surface area contributed by atoms with Gasteiger partial charge in [0.25, 0.3) is 20.0 Å². The lowest BCUT2D eigenvalue weighted by Gasteiger charge is -2.14. The monoisotopic (exact) mass is 464 g/mol. The molecule has 0 aromatic heterocycles. The Labute approximate surface area is 182 Å². The standard InChI is InChI=1S/C21H21ClN2O4S2/c1-14-5-4-6-18(12-14)29(25,26)23-17-8-9-19(22)21(13-17)30(27,28)24-20-10-7-15(2)11-16(20)3/h4-13,23-24H,1-3H3. The fourth-order valence-electron chi connectivity index (χ4n) is 2.90. The molecule has 0 atom stereocenters. The zero-order valence-corrected chi connectivity index (χ0v) is 19.0. The smallest absolute Gasteiger partial charge is 0.263 e. The summed E-state index contributed by atoms with van der Waals surface area (Å²) in [5, 5.41) is -0.0224. The molecular formula is C21H21ClN2O4S2. The third-order valence-electron chi connectivity index (χ3n) is 4.40. The van der Waals surface area contributed by atoms with Crippen LogP contribution >= 0.6 is 11.6 Å². The highest BCUT2D eigenvalue weighted by atomic mass is 35.5. The first-order valence-electron chi connectivity index (χ1n) is 8.97. The lowest BCUT2D eigenvalue weighted by molar-refractivity contribution is 0.598. The first-order chi connectivity index (χ1) is 14.0. The third-order valence-corrected chi connectivity index (χ3v) is 7.63. The summed E-state index contributed by atoms with van der Waals surface area (Å²) in [6, 6.07) is 15.7. The Kier molecular flexibility index (Phi) is 6.12. The molecule has 2 N–H and O–H groups in total. The van der Waals surface area contributed by atoms with Crippen molar-refractivity contribution in [2.45, 2.75) is 30.6 Å². The van der Waals surface area contributed by atoms with Crippen molar-refractivity contribution in [3.63, 3.8) is 0 Å². The van der Waals surface area contributed by atoms with Crippen LogP contribution in [0.3, 0.4) is 0 Å². The number of aryl methyl sites for hydroxylation is 3. The molecule has 0 bridgehead atoms. The van der Waals surface area contributed by atoms with Crippen molar-refractivity contribution in [1.82, 2.24) is 0 Å². The molecule has 0 amide bonds. The fraction of sp³-hybridized carbons (Fsp3) is 0.143. The molecule has 0 radical (unpaired) electrons. The van der Waals surface area contributed by atoms with Crippen molar-refractivity contribution in [2.75, 3.05) is 9.44 Å². The van der Waals surface area contributed by atoms with Crippen molar-refractivity contribution < 1.29 is 16.8 Å². The fourth-order valence-corrected chi connectivity index (χ4v) is 5.71. The van der Waals surface area contributed by atoms with E-state index in [1.54, 1.807) is 38.1 Å². The molecule has 0 aliphatic rings. The number of hydrogen-bond donors (Lipinski definition) is 2. The molecule has 0 saturated carbocycles.